The lowest BCUT2D eigenvalue weighted by atomic mass is 10.2. The minimum atomic E-state index is -0.310. The number of nitrogens with one attached hydrogen (secondary N) is 1. The lowest BCUT2D eigenvalue weighted by Crippen LogP contribution is -2.16. The fraction of sp³-hybridized carbons (Fsp3) is 0.208. The van der Waals surface area contributed by atoms with E-state index in [9.17, 15) is 4.79 Å². The molecule has 4 rings (SSSR count). The predicted octanol–water partition coefficient (Wildman–Crippen LogP) is 5.60. The van der Waals surface area contributed by atoms with Crippen LogP contribution < -0.4 is 5.32 Å². The molecule has 0 fully saturated rings. The summed E-state index contributed by atoms with van der Waals surface area (Å²) >= 11 is 4.91. The molecule has 0 saturated heterocycles. The van der Waals surface area contributed by atoms with Gasteiger partial charge in [-0.1, -0.05) is 50.6 Å². The number of aromatic nitrogens is 5. The van der Waals surface area contributed by atoms with E-state index < -0.39 is 0 Å². The topological polar surface area (TPSA) is 85.6 Å². The first-order valence-corrected chi connectivity index (χ1v) is 12.1. The molecule has 1 N–H and O–H groups in total. The van der Waals surface area contributed by atoms with Crippen molar-refractivity contribution in [2.75, 3.05) is 5.32 Å². The number of halogens is 1. The van der Waals surface area contributed by atoms with Crippen LogP contribution in [0.4, 0.5) is 5.69 Å². The molecule has 9 heteroatoms. The van der Waals surface area contributed by atoms with Crippen LogP contribution in [0, 0.1) is 27.7 Å². The monoisotopic (exact) mass is 522 g/mol. The van der Waals surface area contributed by atoms with E-state index in [4.69, 9.17) is 0 Å². The molecule has 0 aliphatic heterocycles. The van der Waals surface area contributed by atoms with Gasteiger partial charge in [0.15, 0.2) is 10.9 Å². The molecule has 7 nitrogen and oxygen atoms in total. The van der Waals surface area contributed by atoms with Crippen LogP contribution in [0.15, 0.2) is 58.2 Å². The van der Waals surface area contributed by atoms with Crippen LogP contribution in [0.3, 0.4) is 0 Å². The van der Waals surface area contributed by atoms with Gasteiger partial charge in [-0.05, 0) is 69.7 Å². The quantitative estimate of drug-likeness (QED) is 0.262. The van der Waals surface area contributed by atoms with Gasteiger partial charge >= 0.3 is 0 Å². The minimum Gasteiger partial charge on any atom is -0.320 e. The number of amides is 1. The van der Waals surface area contributed by atoms with Crippen LogP contribution in [-0.4, -0.2) is 30.9 Å². The van der Waals surface area contributed by atoms with Crippen LogP contribution in [-0.2, 0) is 5.75 Å². The van der Waals surface area contributed by atoms with Crippen molar-refractivity contribution in [3.8, 4) is 5.69 Å². The first-order chi connectivity index (χ1) is 15.8. The maximum Gasteiger partial charge on any atom is 0.278 e. The van der Waals surface area contributed by atoms with Crippen molar-refractivity contribution in [3.63, 3.8) is 0 Å². The number of thioether (sulfide) groups is 1. The number of carbonyl (C=O) groups is 1. The molecule has 0 atom stereocenters. The molecular formula is C24H23BrN6OS. The van der Waals surface area contributed by atoms with Crippen molar-refractivity contribution in [1.29, 1.82) is 0 Å². The molecule has 0 spiro atoms. The molecule has 2 aromatic carbocycles. The number of anilines is 1. The molecule has 33 heavy (non-hydrogen) atoms. The maximum absolute atomic E-state index is 13.2. The average Bonchev–Trinajstić information content (AvgIpc) is 3.18. The third kappa shape index (κ3) is 5.48. The summed E-state index contributed by atoms with van der Waals surface area (Å²) in [5.74, 6) is 0.127. The van der Waals surface area contributed by atoms with Crippen molar-refractivity contribution in [3.05, 3.63) is 86.9 Å². The molecule has 0 aliphatic carbocycles. The van der Waals surface area contributed by atoms with Gasteiger partial charge in [0.1, 0.15) is 0 Å². The second kappa shape index (κ2) is 9.84. The lowest BCUT2D eigenvalue weighted by molar-refractivity contribution is 0.102. The van der Waals surface area contributed by atoms with Crippen molar-refractivity contribution >= 4 is 39.3 Å². The Hall–Kier alpha value is -3.04. The zero-order chi connectivity index (χ0) is 23.5. The predicted molar refractivity (Wildman–Crippen MR) is 134 cm³/mol. The molecule has 2 heterocycles. The summed E-state index contributed by atoms with van der Waals surface area (Å²) in [7, 11) is 0. The number of hydrogen-bond acceptors (Lipinski definition) is 6. The Morgan fingerprint density at radius 3 is 2.36 bits per heavy atom. The zero-order valence-corrected chi connectivity index (χ0v) is 21.2. The second-order valence-corrected chi connectivity index (χ2v) is 9.63. The highest BCUT2D eigenvalue weighted by atomic mass is 79.9. The molecule has 0 saturated carbocycles. The summed E-state index contributed by atoms with van der Waals surface area (Å²) in [4.78, 5) is 22.2. The fourth-order valence-corrected chi connectivity index (χ4v) is 4.76. The molecule has 0 radical (unpaired) electrons. The van der Waals surface area contributed by atoms with Gasteiger partial charge < -0.3 is 5.32 Å². The van der Waals surface area contributed by atoms with Gasteiger partial charge in [0.25, 0.3) is 5.91 Å². The SMILES string of the molecule is Cc1ccc(-n2nnc(C(=O)Nc3ccc(Br)cc3C)c2CSc2nc(C)cc(C)n2)cc1. The molecule has 4 aromatic rings. The number of aryl methyl sites for hydroxylation is 4. The Morgan fingerprint density at radius 1 is 1.00 bits per heavy atom. The largest absolute Gasteiger partial charge is 0.320 e. The summed E-state index contributed by atoms with van der Waals surface area (Å²) < 4.78 is 2.66. The average molecular weight is 523 g/mol. The van der Waals surface area contributed by atoms with Gasteiger partial charge in [-0.3, -0.25) is 4.79 Å². The Labute approximate surface area is 205 Å². The van der Waals surface area contributed by atoms with E-state index in [-0.39, 0.29) is 11.6 Å². The third-order valence-electron chi connectivity index (χ3n) is 4.99. The van der Waals surface area contributed by atoms with E-state index in [1.165, 1.54) is 11.8 Å². The normalized spacial score (nSPS) is 10.9. The van der Waals surface area contributed by atoms with Gasteiger partial charge in [-0.25, -0.2) is 14.6 Å². The first kappa shape index (κ1) is 23.1. The van der Waals surface area contributed by atoms with E-state index >= 15 is 0 Å². The Balaban J connectivity index is 1.68. The lowest BCUT2D eigenvalue weighted by Gasteiger charge is -2.10. The van der Waals surface area contributed by atoms with E-state index in [2.05, 4.69) is 41.5 Å². The van der Waals surface area contributed by atoms with Gasteiger partial charge in [-0.2, -0.15) is 0 Å². The van der Waals surface area contributed by atoms with Gasteiger partial charge in [0.2, 0.25) is 0 Å². The highest BCUT2D eigenvalue weighted by molar-refractivity contribution is 9.10. The van der Waals surface area contributed by atoms with Crippen LogP contribution in [0.1, 0.15) is 38.7 Å². The molecule has 168 valence electrons. The van der Waals surface area contributed by atoms with Gasteiger partial charge in [0.05, 0.1) is 11.4 Å². The summed E-state index contributed by atoms with van der Waals surface area (Å²) in [6, 6.07) is 15.6. The van der Waals surface area contributed by atoms with Crippen molar-refractivity contribution in [2.45, 2.75) is 38.6 Å². The summed E-state index contributed by atoms with van der Waals surface area (Å²) in [6.07, 6.45) is 0. The van der Waals surface area contributed by atoms with Crippen molar-refractivity contribution in [1.82, 2.24) is 25.0 Å². The number of nitrogens with zero attached hydrogens (tertiary/aromatic N) is 5. The number of carbonyl (C=O) groups excluding carboxylic acids is 1. The van der Waals surface area contributed by atoms with Crippen LogP contribution in [0.5, 0.6) is 0 Å². The second-order valence-electron chi connectivity index (χ2n) is 7.77. The molecule has 2 aromatic heterocycles. The third-order valence-corrected chi connectivity index (χ3v) is 6.35. The Bertz CT molecular complexity index is 1300. The van der Waals surface area contributed by atoms with Gasteiger partial charge in [0, 0.05) is 27.3 Å². The highest BCUT2D eigenvalue weighted by Gasteiger charge is 2.22. The Morgan fingerprint density at radius 2 is 1.70 bits per heavy atom. The smallest absolute Gasteiger partial charge is 0.278 e. The molecule has 1 amide bonds. The first-order valence-electron chi connectivity index (χ1n) is 10.3. The Kier molecular flexibility index (Phi) is 6.90. The minimum absolute atomic E-state index is 0.273. The van der Waals surface area contributed by atoms with E-state index in [1.54, 1.807) is 4.68 Å². The number of rotatable bonds is 6. The maximum atomic E-state index is 13.2. The van der Waals surface area contributed by atoms with Crippen molar-refractivity contribution < 1.29 is 4.79 Å². The van der Waals surface area contributed by atoms with Crippen LogP contribution >= 0.6 is 27.7 Å². The standard InChI is InChI=1S/C24H23BrN6OS/c1-14-5-8-19(9-6-14)31-21(13-33-24-26-16(3)12-17(4)27-24)22(29-30-31)23(32)28-20-10-7-18(25)11-15(20)2/h5-12H,13H2,1-4H3,(H,28,32). The van der Waals surface area contributed by atoms with E-state index in [0.29, 0.717) is 16.6 Å². The number of hydrogen-bond donors (Lipinski definition) is 1. The van der Waals surface area contributed by atoms with Crippen LogP contribution in [0.2, 0.25) is 0 Å². The summed E-state index contributed by atoms with van der Waals surface area (Å²) in [6.45, 7) is 7.85. The van der Waals surface area contributed by atoms with Crippen molar-refractivity contribution in [2.24, 2.45) is 0 Å². The van der Waals surface area contributed by atoms with E-state index in [1.807, 2.05) is 76.2 Å². The summed E-state index contributed by atoms with van der Waals surface area (Å²) in [5, 5.41) is 12.2. The molecule has 0 aliphatic rings. The number of benzene rings is 2. The van der Waals surface area contributed by atoms with E-state index in [0.717, 1.165) is 38.4 Å². The van der Waals surface area contributed by atoms with Crippen LogP contribution in [0.25, 0.3) is 5.69 Å². The molecular weight excluding hydrogens is 500 g/mol. The zero-order valence-electron chi connectivity index (χ0n) is 18.8. The highest BCUT2D eigenvalue weighted by Crippen LogP contribution is 2.25. The summed E-state index contributed by atoms with van der Waals surface area (Å²) in [5.41, 5.74) is 6.41. The van der Waals surface area contributed by atoms with Gasteiger partial charge in [-0.15, -0.1) is 5.10 Å². The molecule has 0 bridgehead atoms. The molecule has 0 unspecified atom stereocenters. The fourth-order valence-electron chi connectivity index (χ4n) is 3.34.